The van der Waals surface area contributed by atoms with Gasteiger partial charge in [0.05, 0.1) is 15.5 Å². The number of nitrogens with zero attached hydrogens (tertiary/aromatic N) is 3. The first kappa shape index (κ1) is 24.1. The molecule has 0 unspecified atom stereocenters. The lowest BCUT2D eigenvalue weighted by atomic mass is 10.0. The Morgan fingerprint density at radius 1 is 0.970 bits per heavy atom. The second-order valence-electron chi connectivity index (χ2n) is 7.28. The highest BCUT2D eigenvalue weighted by Crippen LogP contribution is 2.29. The van der Waals surface area contributed by atoms with Crippen LogP contribution in [0, 0.1) is 10.1 Å². The molecule has 0 aromatic heterocycles. The van der Waals surface area contributed by atoms with Crippen LogP contribution >= 0.6 is 0 Å². The monoisotopic (exact) mass is 466 g/mol. The van der Waals surface area contributed by atoms with Gasteiger partial charge in [0, 0.05) is 19.2 Å². The van der Waals surface area contributed by atoms with Crippen molar-refractivity contribution in [3.63, 3.8) is 0 Å². The van der Waals surface area contributed by atoms with Crippen LogP contribution in [-0.4, -0.2) is 36.4 Å². The molecule has 0 spiro atoms. The molecule has 0 amide bonds. The van der Waals surface area contributed by atoms with Gasteiger partial charge in [-0.3, -0.25) is 15.5 Å². The highest BCUT2D eigenvalue weighted by atomic mass is 32.2. The number of nitro benzene ring substituents is 1. The van der Waals surface area contributed by atoms with Gasteiger partial charge in [-0.15, -0.1) is 0 Å². The fourth-order valence-electron chi connectivity index (χ4n) is 3.37. The molecule has 3 aromatic rings. The fourth-order valence-corrected chi connectivity index (χ4v) is 4.85. The summed E-state index contributed by atoms with van der Waals surface area (Å²) in [6.07, 6.45) is 0. The number of nitro groups is 1. The molecule has 0 fully saturated rings. The lowest BCUT2D eigenvalue weighted by Gasteiger charge is -2.18. The van der Waals surface area contributed by atoms with Gasteiger partial charge >= 0.3 is 0 Å². The number of hydrazone groups is 1. The van der Waals surface area contributed by atoms with Crippen molar-refractivity contribution in [2.75, 3.05) is 18.5 Å². The quantitative estimate of drug-likeness (QED) is 0.267. The average molecular weight is 467 g/mol. The van der Waals surface area contributed by atoms with Gasteiger partial charge < -0.3 is 0 Å². The van der Waals surface area contributed by atoms with Crippen LogP contribution in [0.1, 0.15) is 26.3 Å². The second kappa shape index (κ2) is 10.4. The number of sulfonamides is 1. The number of benzene rings is 3. The van der Waals surface area contributed by atoms with E-state index in [0.29, 0.717) is 5.71 Å². The van der Waals surface area contributed by atoms with Crippen molar-refractivity contribution in [2.24, 2.45) is 5.10 Å². The third-order valence-electron chi connectivity index (χ3n) is 5.26. The number of hydrogen-bond acceptors (Lipinski definition) is 6. The zero-order valence-corrected chi connectivity index (χ0v) is 19.5. The van der Waals surface area contributed by atoms with Gasteiger partial charge in [-0.2, -0.15) is 9.41 Å². The third-order valence-corrected chi connectivity index (χ3v) is 7.31. The molecule has 0 saturated carbocycles. The minimum atomic E-state index is -3.81. The van der Waals surface area contributed by atoms with E-state index in [-0.39, 0.29) is 29.4 Å². The topological polar surface area (TPSA) is 105 Å². The van der Waals surface area contributed by atoms with Gasteiger partial charge in [-0.1, -0.05) is 68.4 Å². The van der Waals surface area contributed by atoms with Crippen LogP contribution in [0.25, 0.3) is 11.1 Å². The van der Waals surface area contributed by atoms with Crippen molar-refractivity contribution in [1.82, 2.24) is 4.31 Å². The Hall–Kier alpha value is -3.56. The molecule has 9 heteroatoms. The first-order valence-corrected chi connectivity index (χ1v) is 12.0. The van der Waals surface area contributed by atoms with Gasteiger partial charge in [0.25, 0.3) is 5.69 Å². The predicted octanol–water partition coefficient (Wildman–Crippen LogP) is 5.13. The maximum absolute atomic E-state index is 12.7. The molecule has 3 aromatic carbocycles. The molecule has 3 rings (SSSR count). The van der Waals surface area contributed by atoms with Gasteiger partial charge in [-0.05, 0) is 35.7 Å². The van der Waals surface area contributed by atoms with E-state index in [1.54, 1.807) is 20.8 Å². The maximum Gasteiger partial charge on any atom is 0.295 e. The van der Waals surface area contributed by atoms with Gasteiger partial charge in [0.1, 0.15) is 5.69 Å². The summed E-state index contributed by atoms with van der Waals surface area (Å²) in [6, 6.07) is 21.6. The zero-order chi connectivity index (χ0) is 24.0. The summed E-state index contributed by atoms with van der Waals surface area (Å²) >= 11 is 0. The molecule has 0 aliphatic carbocycles. The van der Waals surface area contributed by atoms with Gasteiger partial charge in [0.2, 0.25) is 10.0 Å². The standard InChI is InChI=1S/C24H26N4O4S/c1-4-27(5-2)33(31,32)22-15-16-23(24(17-22)28(29)30)26-25-18(3)19-11-13-21(14-12-19)20-9-7-6-8-10-20/h6-17,26H,4-5H2,1-3H3. The molecule has 33 heavy (non-hydrogen) atoms. The van der Waals surface area contributed by atoms with Crippen LogP contribution in [0.4, 0.5) is 11.4 Å². The van der Waals surface area contributed by atoms with E-state index in [1.807, 2.05) is 54.6 Å². The summed E-state index contributed by atoms with van der Waals surface area (Å²) in [5.74, 6) is 0. The summed E-state index contributed by atoms with van der Waals surface area (Å²) in [6.45, 7) is 5.78. The van der Waals surface area contributed by atoms with Crippen molar-refractivity contribution in [2.45, 2.75) is 25.7 Å². The Labute approximate surface area is 193 Å². The molecule has 0 bridgehead atoms. The van der Waals surface area contributed by atoms with Crippen molar-refractivity contribution in [3.05, 3.63) is 88.5 Å². The Balaban J connectivity index is 1.84. The molecular formula is C24H26N4O4S. The fraction of sp³-hybridized carbons (Fsp3) is 0.208. The molecule has 0 aliphatic rings. The van der Waals surface area contributed by atoms with E-state index in [4.69, 9.17) is 0 Å². The van der Waals surface area contributed by atoms with E-state index in [0.717, 1.165) is 22.8 Å². The summed E-state index contributed by atoms with van der Waals surface area (Å²) < 4.78 is 26.7. The molecule has 0 saturated heterocycles. The first-order chi connectivity index (χ1) is 15.8. The number of anilines is 1. The van der Waals surface area contributed by atoms with Crippen LogP contribution in [0.15, 0.2) is 82.8 Å². The summed E-state index contributed by atoms with van der Waals surface area (Å²) in [5.41, 5.74) is 6.12. The molecule has 1 N–H and O–H groups in total. The lowest BCUT2D eigenvalue weighted by Crippen LogP contribution is -2.30. The zero-order valence-electron chi connectivity index (χ0n) is 18.7. The average Bonchev–Trinajstić information content (AvgIpc) is 2.83. The molecule has 172 valence electrons. The van der Waals surface area contributed by atoms with Crippen molar-refractivity contribution in [3.8, 4) is 11.1 Å². The number of rotatable bonds is 9. The second-order valence-corrected chi connectivity index (χ2v) is 9.22. The summed E-state index contributed by atoms with van der Waals surface area (Å²) in [7, 11) is -3.81. The van der Waals surface area contributed by atoms with Crippen LogP contribution in [-0.2, 0) is 10.0 Å². The maximum atomic E-state index is 12.7. The molecule has 8 nitrogen and oxygen atoms in total. The summed E-state index contributed by atoms with van der Waals surface area (Å²) in [4.78, 5) is 10.9. The first-order valence-electron chi connectivity index (χ1n) is 10.5. The Bertz CT molecular complexity index is 1250. The highest BCUT2D eigenvalue weighted by Gasteiger charge is 2.25. The highest BCUT2D eigenvalue weighted by molar-refractivity contribution is 7.89. The predicted molar refractivity (Wildman–Crippen MR) is 131 cm³/mol. The molecule has 0 radical (unpaired) electrons. The van der Waals surface area contributed by atoms with E-state index in [1.165, 1.54) is 16.4 Å². The van der Waals surface area contributed by atoms with Crippen LogP contribution in [0.2, 0.25) is 0 Å². The van der Waals surface area contributed by atoms with E-state index < -0.39 is 14.9 Å². The largest absolute Gasteiger partial charge is 0.295 e. The summed E-state index contributed by atoms with van der Waals surface area (Å²) in [5, 5.41) is 15.9. The van der Waals surface area contributed by atoms with Crippen LogP contribution < -0.4 is 5.43 Å². The molecule has 0 atom stereocenters. The van der Waals surface area contributed by atoms with Crippen LogP contribution in [0.5, 0.6) is 0 Å². The van der Waals surface area contributed by atoms with Crippen LogP contribution in [0.3, 0.4) is 0 Å². The Morgan fingerprint density at radius 2 is 1.58 bits per heavy atom. The minimum Gasteiger partial charge on any atom is -0.271 e. The van der Waals surface area contributed by atoms with Gasteiger partial charge in [0.15, 0.2) is 0 Å². The lowest BCUT2D eigenvalue weighted by molar-refractivity contribution is -0.384. The number of nitrogens with one attached hydrogen (secondary N) is 1. The SMILES string of the molecule is CCN(CC)S(=O)(=O)c1ccc(NN=C(C)c2ccc(-c3ccccc3)cc2)c([N+](=O)[O-])c1. The number of hydrogen-bond donors (Lipinski definition) is 1. The Kier molecular flexibility index (Phi) is 7.57. The smallest absolute Gasteiger partial charge is 0.271 e. The van der Waals surface area contributed by atoms with E-state index >= 15 is 0 Å². The minimum absolute atomic E-state index is 0.110. The van der Waals surface area contributed by atoms with Gasteiger partial charge in [-0.25, -0.2) is 8.42 Å². The molecular weight excluding hydrogens is 440 g/mol. The third kappa shape index (κ3) is 5.44. The normalized spacial score (nSPS) is 12.1. The van der Waals surface area contributed by atoms with Crippen molar-refractivity contribution < 1.29 is 13.3 Å². The van der Waals surface area contributed by atoms with E-state index in [9.17, 15) is 18.5 Å². The molecule has 0 aliphatic heterocycles. The van der Waals surface area contributed by atoms with E-state index in [2.05, 4.69) is 10.5 Å². The molecule has 0 heterocycles. The van der Waals surface area contributed by atoms with Crippen molar-refractivity contribution >= 4 is 27.1 Å². The van der Waals surface area contributed by atoms with Crippen molar-refractivity contribution in [1.29, 1.82) is 0 Å². The Morgan fingerprint density at radius 3 is 2.15 bits per heavy atom.